The Morgan fingerprint density at radius 2 is 1.16 bits per heavy atom. The molecule has 6 heterocycles. The summed E-state index contributed by atoms with van der Waals surface area (Å²) >= 11 is 12.1. The number of urea groups is 1. The average Bonchev–Trinajstić information content (AvgIpc) is 3.41. The molecule has 2 aromatic heterocycles. The number of nitrogens with one attached hydrogen (secondary N) is 2. The molecule has 70 heavy (non-hydrogen) atoms. The van der Waals surface area contributed by atoms with Crippen LogP contribution in [0.5, 0.6) is 0 Å². The minimum Gasteiger partial charge on any atom is -0.361 e. The third-order valence-corrected chi connectivity index (χ3v) is 15.3. The smallest absolute Gasteiger partial charge is 0.319 e. The number of benzene rings is 4. The number of hydrogen-bond acceptors (Lipinski definition) is 7. The van der Waals surface area contributed by atoms with Crippen LogP contribution in [0.25, 0.3) is 22.3 Å². The van der Waals surface area contributed by atoms with Crippen molar-refractivity contribution in [3.8, 4) is 22.3 Å². The number of amides is 4. The van der Waals surface area contributed by atoms with Crippen LogP contribution in [0.3, 0.4) is 0 Å². The second-order valence-corrected chi connectivity index (χ2v) is 19.4. The van der Waals surface area contributed by atoms with Crippen molar-refractivity contribution in [1.29, 1.82) is 0 Å². The molecule has 362 valence electrons. The first-order valence-corrected chi connectivity index (χ1v) is 24.5. The van der Waals surface area contributed by atoms with E-state index >= 15 is 0 Å². The first kappa shape index (κ1) is 48.8. The van der Waals surface area contributed by atoms with Gasteiger partial charge in [-0.2, -0.15) is 0 Å². The monoisotopic (exact) mass is 985 g/mol. The van der Waals surface area contributed by atoms with E-state index < -0.39 is 22.5 Å². The Balaban J connectivity index is 0.000000181. The van der Waals surface area contributed by atoms with E-state index in [9.17, 15) is 23.2 Å². The number of carbonyl (C=O) groups is 3. The van der Waals surface area contributed by atoms with Crippen LogP contribution in [0.15, 0.2) is 134 Å². The number of halogens is 4. The van der Waals surface area contributed by atoms with Gasteiger partial charge in [0.15, 0.2) is 0 Å². The molecule has 15 heteroatoms. The van der Waals surface area contributed by atoms with E-state index in [1.54, 1.807) is 33.9 Å². The highest BCUT2D eigenvalue weighted by atomic mass is 35.5. The number of piperidine rings is 2. The molecule has 0 bridgehead atoms. The number of methoxy groups -OCH3 is 1. The van der Waals surface area contributed by atoms with E-state index in [-0.39, 0.29) is 52.1 Å². The fraction of sp³-hybridized carbons (Fsp3) is 0.327. The zero-order valence-electron chi connectivity index (χ0n) is 39.3. The summed E-state index contributed by atoms with van der Waals surface area (Å²) in [6.45, 7) is 6.51. The predicted molar refractivity (Wildman–Crippen MR) is 269 cm³/mol. The Labute approximate surface area is 417 Å². The van der Waals surface area contributed by atoms with E-state index in [1.165, 1.54) is 24.3 Å². The first-order valence-electron chi connectivity index (χ1n) is 23.8. The SMILES string of the molecule is CCC(C)[C@H](NC(=O)N1CCC2(CC1)C(=O)N(c1ccc(F)c(Cl)c1)C2c1ccc(-c2ccccc2)cn1)OC.O=C1N(c2ccc(F)c(Cl)c2)C(c2ccc(-c3ccccc3)cn2)C12CCNCC2. The Hall–Kier alpha value is -6.25. The molecule has 4 fully saturated rings. The Morgan fingerprint density at radius 3 is 1.56 bits per heavy atom. The third-order valence-electron chi connectivity index (χ3n) is 14.7. The van der Waals surface area contributed by atoms with Crippen LogP contribution >= 0.6 is 23.2 Å². The molecule has 2 spiro atoms. The maximum Gasteiger partial charge on any atom is 0.319 e. The van der Waals surface area contributed by atoms with Crippen LogP contribution in [-0.4, -0.2) is 72.2 Å². The van der Waals surface area contributed by atoms with Gasteiger partial charge in [0.1, 0.15) is 17.9 Å². The van der Waals surface area contributed by atoms with Crippen molar-refractivity contribution in [3.05, 3.63) is 167 Å². The van der Waals surface area contributed by atoms with Gasteiger partial charge in [-0.25, -0.2) is 13.6 Å². The third kappa shape index (κ3) is 9.16. The molecule has 4 aliphatic heterocycles. The lowest BCUT2D eigenvalue weighted by atomic mass is 9.63. The van der Waals surface area contributed by atoms with Crippen LogP contribution in [0.4, 0.5) is 25.0 Å². The lowest BCUT2D eigenvalue weighted by Crippen LogP contribution is -2.67. The summed E-state index contributed by atoms with van der Waals surface area (Å²) in [6.07, 6.45) is 6.65. The molecule has 10 rings (SSSR count). The lowest BCUT2D eigenvalue weighted by molar-refractivity contribution is -0.144. The van der Waals surface area contributed by atoms with Crippen LogP contribution in [0, 0.1) is 28.4 Å². The largest absolute Gasteiger partial charge is 0.361 e. The molecule has 4 aliphatic rings. The van der Waals surface area contributed by atoms with Crippen molar-refractivity contribution in [1.82, 2.24) is 25.5 Å². The second kappa shape index (κ2) is 20.6. The molecule has 0 aliphatic carbocycles. The summed E-state index contributed by atoms with van der Waals surface area (Å²) in [5.41, 5.74) is 5.66. The zero-order valence-corrected chi connectivity index (χ0v) is 40.8. The normalized spacial score (nSPS) is 20.0. The van der Waals surface area contributed by atoms with Gasteiger partial charge < -0.3 is 30.1 Å². The summed E-state index contributed by atoms with van der Waals surface area (Å²) in [5, 5.41) is 6.29. The van der Waals surface area contributed by atoms with Gasteiger partial charge >= 0.3 is 6.03 Å². The van der Waals surface area contributed by atoms with E-state index in [1.807, 2.05) is 104 Å². The number of β-lactam (4-membered cyclic amide) rings is 2. The second-order valence-electron chi connectivity index (χ2n) is 18.6. The fourth-order valence-electron chi connectivity index (χ4n) is 10.5. The van der Waals surface area contributed by atoms with Gasteiger partial charge in [-0.05, 0) is 105 Å². The maximum atomic E-state index is 14.0. The number of nitrogens with zero attached hydrogens (tertiary/aromatic N) is 5. The van der Waals surface area contributed by atoms with Crippen molar-refractivity contribution < 1.29 is 27.9 Å². The molecule has 4 amide bonds. The Bertz CT molecular complexity index is 2830. The molecule has 2 N–H and O–H groups in total. The minimum absolute atomic E-state index is 0.0118. The molecule has 6 aromatic rings. The van der Waals surface area contributed by atoms with E-state index in [4.69, 9.17) is 37.9 Å². The molecule has 4 atom stereocenters. The van der Waals surface area contributed by atoms with Crippen molar-refractivity contribution in [2.45, 2.75) is 64.3 Å². The van der Waals surface area contributed by atoms with Crippen molar-refractivity contribution in [2.75, 3.05) is 43.1 Å². The number of rotatable bonds is 10. The average molecular weight is 987 g/mol. The van der Waals surface area contributed by atoms with Crippen LogP contribution in [0.2, 0.25) is 10.0 Å². The number of hydrogen-bond donors (Lipinski definition) is 2. The highest BCUT2D eigenvalue weighted by Crippen LogP contribution is 2.58. The lowest BCUT2D eigenvalue weighted by Gasteiger charge is -2.58. The van der Waals surface area contributed by atoms with Crippen molar-refractivity contribution in [2.24, 2.45) is 16.7 Å². The highest BCUT2D eigenvalue weighted by molar-refractivity contribution is 6.31. The molecular formula is C55H55Cl2F2N7O4. The van der Waals surface area contributed by atoms with Gasteiger partial charge in [0, 0.05) is 61.0 Å². The summed E-state index contributed by atoms with van der Waals surface area (Å²) in [7, 11) is 1.59. The summed E-state index contributed by atoms with van der Waals surface area (Å²) < 4.78 is 33.1. The van der Waals surface area contributed by atoms with Gasteiger partial charge in [-0.15, -0.1) is 0 Å². The number of ether oxygens (including phenoxy) is 1. The number of aromatic nitrogens is 2. The highest BCUT2D eigenvalue weighted by Gasteiger charge is 2.63. The standard InChI is InChI=1S/C31H34ClFN4O3.C24H21ClFN3O/c1-4-20(2)28(40-3)35-30(39)36-16-14-31(15-17-36)27(37(29(31)38)23-11-12-25(33)24(32)18-23)26-13-10-22(19-34-26)21-8-6-5-7-9-21;25-19-14-18(7-8-20(19)26)29-22(24(23(29)30)10-12-27-13-11-24)21-9-6-17(15-28-21)16-4-2-1-3-5-16/h5-13,18-20,27-28H,4,14-17H2,1-3H3,(H,35,39);1-9,14-15,22,27H,10-13H2/t20?,27?,28-;/m1./s1. The van der Waals surface area contributed by atoms with Crippen LogP contribution in [-0.2, 0) is 14.3 Å². The van der Waals surface area contributed by atoms with Crippen molar-refractivity contribution in [3.63, 3.8) is 0 Å². The molecule has 3 unspecified atom stereocenters. The van der Waals surface area contributed by atoms with Gasteiger partial charge in [-0.1, -0.05) is 110 Å². The topological polar surface area (TPSA) is 120 Å². The summed E-state index contributed by atoms with van der Waals surface area (Å²) in [6, 6.07) is 36.0. The van der Waals surface area contributed by atoms with Gasteiger partial charge in [0.2, 0.25) is 11.8 Å². The molecule has 4 aromatic carbocycles. The molecule has 0 radical (unpaired) electrons. The zero-order chi connectivity index (χ0) is 49.2. The van der Waals surface area contributed by atoms with Crippen LogP contribution < -0.4 is 20.4 Å². The summed E-state index contributed by atoms with van der Waals surface area (Å²) in [4.78, 5) is 54.9. The number of pyridine rings is 2. The summed E-state index contributed by atoms with van der Waals surface area (Å²) in [5.74, 6) is -0.870. The Kier molecular flexibility index (Phi) is 14.4. The van der Waals surface area contributed by atoms with E-state index in [0.29, 0.717) is 37.3 Å². The molecule has 11 nitrogen and oxygen atoms in total. The molecule has 0 saturated carbocycles. The Morgan fingerprint density at radius 1 is 0.700 bits per heavy atom. The van der Waals surface area contributed by atoms with Gasteiger partial charge in [0.25, 0.3) is 0 Å². The number of anilines is 2. The van der Waals surface area contributed by atoms with Gasteiger partial charge in [-0.3, -0.25) is 19.6 Å². The van der Waals surface area contributed by atoms with E-state index in [2.05, 4.69) is 17.6 Å². The molecule has 4 saturated heterocycles. The fourth-order valence-corrected chi connectivity index (χ4v) is 10.8. The molecular weight excluding hydrogens is 932 g/mol. The number of carbonyl (C=O) groups excluding carboxylic acids is 3. The van der Waals surface area contributed by atoms with E-state index in [0.717, 1.165) is 66.0 Å². The number of likely N-dealkylation sites (tertiary alicyclic amines) is 1. The first-order chi connectivity index (χ1) is 33.9. The quantitative estimate of drug-likeness (QED) is 0.104. The van der Waals surface area contributed by atoms with Crippen LogP contribution in [0.1, 0.15) is 69.4 Å². The van der Waals surface area contributed by atoms with Crippen molar-refractivity contribution >= 4 is 52.4 Å². The maximum absolute atomic E-state index is 14.0. The predicted octanol–water partition coefficient (Wildman–Crippen LogP) is 11.4. The van der Waals surface area contributed by atoms with Gasteiger partial charge in [0.05, 0.1) is 44.3 Å². The minimum atomic E-state index is -0.726.